The van der Waals surface area contributed by atoms with E-state index in [0.29, 0.717) is 0 Å². The fourth-order valence-corrected chi connectivity index (χ4v) is 3.38. The maximum atomic E-state index is 11.5. The molecule has 168 valence electrons. The third-order valence-corrected chi connectivity index (χ3v) is 4.78. The molecule has 2 heterocycles. The van der Waals surface area contributed by atoms with Gasteiger partial charge in [0.2, 0.25) is 11.8 Å². The van der Waals surface area contributed by atoms with Crippen LogP contribution in [-0.2, 0) is 23.8 Å². The number of hydrogen-bond donors (Lipinski definition) is 8. The van der Waals surface area contributed by atoms with Gasteiger partial charge < -0.3 is 55.5 Å². The Bertz CT molecular complexity index is 579. The second-order valence-electron chi connectivity index (χ2n) is 7.00. The van der Waals surface area contributed by atoms with Gasteiger partial charge in [0.15, 0.2) is 12.6 Å². The van der Waals surface area contributed by atoms with Crippen LogP contribution < -0.4 is 10.6 Å². The maximum absolute atomic E-state index is 11.5. The predicted octanol–water partition coefficient (Wildman–Crippen LogP) is -5.11. The lowest BCUT2D eigenvalue weighted by Crippen LogP contribution is -2.69. The molecule has 2 amide bonds. The lowest BCUT2D eigenvalue weighted by atomic mass is 9.94. The van der Waals surface area contributed by atoms with Gasteiger partial charge in [-0.2, -0.15) is 0 Å². The van der Waals surface area contributed by atoms with E-state index in [2.05, 4.69) is 10.6 Å². The minimum atomic E-state index is -1.64. The molecular formula is C16H28N2O11. The molecule has 13 heteroatoms. The van der Waals surface area contributed by atoms with Gasteiger partial charge in [0.1, 0.15) is 48.7 Å². The van der Waals surface area contributed by atoms with Gasteiger partial charge >= 0.3 is 0 Å². The van der Waals surface area contributed by atoms with Crippen LogP contribution in [0.4, 0.5) is 0 Å². The van der Waals surface area contributed by atoms with E-state index in [4.69, 9.17) is 14.2 Å². The SMILES string of the molecule is CC(=O)N[C@@H]1[C@@H](O)[C@H](O[C@H]2O[C@H](CO)[C@H](O)[C@H](O)[C@H]2NC(C)=O)[C@@H](CO)O[C@H]1O. The number of aliphatic hydroxyl groups excluding tert-OH is 6. The standard InChI is InChI=1S/C16H28N2O11/c1-5(21)17-9-13(25)14(8(4-20)27-15(9)26)29-16-10(18-6(2)22)12(24)11(23)7(3-19)28-16/h7-16,19-20,23-26H,3-4H2,1-2H3,(H,17,21)(H,18,22)/t7-,8-,9-,10-,11+,12-,13-,14-,15-,16-/m1/s1. The van der Waals surface area contributed by atoms with E-state index in [9.17, 15) is 40.2 Å². The molecule has 0 bridgehead atoms. The molecule has 2 rings (SSSR count). The molecule has 0 aromatic rings. The summed E-state index contributed by atoms with van der Waals surface area (Å²) in [6.07, 6.45) is -11.7. The second-order valence-corrected chi connectivity index (χ2v) is 7.00. The Labute approximate surface area is 166 Å². The lowest BCUT2D eigenvalue weighted by Gasteiger charge is -2.47. The summed E-state index contributed by atoms with van der Waals surface area (Å²) < 4.78 is 16.3. The topological polar surface area (TPSA) is 207 Å². The van der Waals surface area contributed by atoms with Crippen LogP contribution in [0.25, 0.3) is 0 Å². The number of ether oxygens (including phenoxy) is 3. The minimum Gasteiger partial charge on any atom is -0.394 e. The van der Waals surface area contributed by atoms with Crippen LogP contribution >= 0.6 is 0 Å². The third kappa shape index (κ3) is 5.39. The molecule has 10 atom stereocenters. The Hall–Kier alpha value is -1.42. The predicted molar refractivity (Wildman–Crippen MR) is 91.8 cm³/mol. The molecule has 0 spiro atoms. The molecule has 13 nitrogen and oxygen atoms in total. The third-order valence-electron chi connectivity index (χ3n) is 4.78. The largest absolute Gasteiger partial charge is 0.394 e. The number of nitrogens with one attached hydrogen (secondary N) is 2. The number of hydrogen-bond acceptors (Lipinski definition) is 11. The van der Waals surface area contributed by atoms with Crippen molar-refractivity contribution in [2.45, 2.75) is 75.1 Å². The Morgan fingerprint density at radius 3 is 1.90 bits per heavy atom. The molecule has 0 unspecified atom stereocenters. The summed E-state index contributed by atoms with van der Waals surface area (Å²) in [6, 6.07) is -2.59. The van der Waals surface area contributed by atoms with Gasteiger partial charge in [0.05, 0.1) is 13.2 Å². The van der Waals surface area contributed by atoms with Crippen LogP contribution in [-0.4, -0.2) is 117 Å². The second kappa shape index (κ2) is 10.1. The maximum Gasteiger partial charge on any atom is 0.217 e. The highest BCUT2D eigenvalue weighted by Crippen LogP contribution is 2.28. The van der Waals surface area contributed by atoms with Crippen molar-refractivity contribution in [2.24, 2.45) is 0 Å². The van der Waals surface area contributed by atoms with Gasteiger partial charge in [-0.25, -0.2) is 0 Å². The van der Waals surface area contributed by atoms with Crippen LogP contribution in [0, 0.1) is 0 Å². The van der Waals surface area contributed by atoms with Crippen molar-refractivity contribution >= 4 is 11.8 Å². The van der Waals surface area contributed by atoms with Crippen LogP contribution in [0.1, 0.15) is 13.8 Å². The number of carbonyl (C=O) groups excluding carboxylic acids is 2. The summed E-state index contributed by atoms with van der Waals surface area (Å²) >= 11 is 0. The zero-order valence-corrected chi connectivity index (χ0v) is 15.9. The number of rotatable bonds is 6. The Kier molecular flexibility index (Phi) is 8.28. The lowest BCUT2D eigenvalue weighted by molar-refractivity contribution is -0.327. The average molecular weight is 424 g/mol. The first-order chi connectivity index (χ1) is 13.6. The van der Waals surface area contributed by atoms with Crippen molar-refractivity contribution in [3.63, 3.8) is 0 Å². The normalized spacial score (nSPS) is 42.9. The van der Waals surface area contributed by atoms with Gasteiger partial charge in [-0.05, 0) is 0 Å². The minimum absolute atomic E-state index is 0.568. The Balaban J connectivity index is 2.26. The van der Waals surface area contributed by atoms with E-state index >= 15 is 0 Å². The van der Waals surface area contributed by atoms with Crippen molar-refractivity contribution in [2.75, 3.05) is 13.2 Å². The van der Waals surface area contributed by atoms with E-state index in [0.717, 1.165) is 13.8 Å². The summed E-state index contributed by atoms with van der Waals surface area (Å²) in [5, 5.41) is 64.5. The van der Waals surface area contributed by atoms with Gasteiger partial charge in [-0.15, -0.1) is 0 Å². The van der Waals surface area contributed by atoms with Crippen molar-refractivity contribution in [3.05, 3.63) is 0 Å². The van der Waals surface area contributed by atoms with Gasteiger partial charge in [0.25, 0.3) is 0 Å². The number of carbonyl (C=O) groups is 2. The van der Waals surface area contributed by atoms with E-state index < -0.39 is 86.3 Å². The van der Waals surface area contributed by atoms with E-state index in [1.165, 1.54) is 0 Å². The van der Waals surface area contributed by atoms with Crippen molar-refractivity contribution in [1.29, 1.82) is 0 Å². The van der Waals surface area contributed by atoms with Crippen molar-refractivity contribution in [1.82, 2.24) is 10.6 Å². The number of aliphatic hydroxyl groups is 6. The highest BCUT2D eigenvalue weighted by Gasteiger charge is 2.51. The summed E-state index contributed by atoms with van der Waals surface area (Å²) in [6.45, 7) is 0.962. The van der Waals surface area contributed by atoms with Crippen LogP contribution in [0.3, 0.4) is 0 Å². The highest BCUT2D eigenvalue weighted by atomic mass is 16.7. The molecule has 29 heavy (non-hydrogen) atoms. The van der Waals surface area contributed by atoms with E-state index in [1.807, 2.05) is 0 Å². The van der Waals surface area contributed by atoms with E-state index in [1.54, 1.807) is 0 Å². The van der Waals surface area contributed by atoms with Gasteiger partial charge in [-0.3, -0.25) is 9.59 Å². The number of amides is 2. The molecule has 0 aromatic carbocycles. The molecule has 8 N–H and O–H groups in total. The zero-order valence-electron chi connectivity index (χ0n) is 15.9. The Morgan fingerprint density at radius 1 is 0.828 bits per heavy atom. The molecule has 0 saturated carbocycles. The van der Waals surface area contributed by atoms with Crippen molar-refractivity contribution < 1.29 is 54.4 Å². The summed E-state index contributed by atoms with van der Waals surface area (Å²) in [5.41, 5.74) is 0. The fraction of sp³-hybridized carbons (Fsp3) is 0.875. The molecule has 0 radical (unpaired) electrons. The van der Waals surface area contributed by atoms with Crippen LogP contribution in [0.2, 0.25) is 0 Å². The van der Waals surface area contributed by atoms with E-state index in [-0.39, 0.29) is 0 Å². The molecule has 2 saturated heterocycles. The fourth-order valence-electron chi connectivity index (χ4n) is 3.38. The summed E-state index contributed by atoms with van der Waals surface area (Å²) in [5.74, 6) is -1.14. The molecular weight excluding hydrogens is 396 g/mol. The zero-order chi connectivity index (χ0) is 21.9. The van der Waals surface area contributed by atoms with Crippen LogP contribution in [0.15, 0.2) is 0 Å². The molecule has 0 aromatic heterocycles. The smallest absolute Gasteiger partial charge is 0.217 e. The first kappa shape index (κ1) is 23.9. The highest BCUT2D eigenvalue weighted by molar-refractivity contribution is 5.73. The van der Waals surface area contributed by atoms with Gasteiger partial charge in [-0.1, -0.05) is 0 Å². The van der Waals surface area contributed by atoms with Gasteiger partial charge in [0, 0.05) is 13.8 Å². The first-order valence-electron chi connectivity index (χ1n) is 9.05. The monoisotopic (exact) mass is 424 g/mol. The molecule has 2 aliphatic rings. The first-order valence-corrected chi connectivity index (χ1v) is 9.05. The summed E-state index contributed by atoms with van der Waals surface area (Å²) in [7, 11) is 0. The quantitative estimate of drug-likeness (QED) is 0.202. The van der Waals surface area contributed by atoms with Crippen molar-refractivity contribution in [3.8, 4) is 0 Å². The average Bonchev–Trinajstić information content (AvgIpc) is 2.65. The van der Waals surface area contributed by atoms with Crippen LogP contribution in [0.5, 0.6) is 0 Å². The molecule has 0 aliphatic carbocycles. The molecule has 2 fully saturated rings. The Morgan fingerprint density at radius 2 is 1.38 bits per heavy atom. The summed E-state index contributed by atoms with van der Waals surface area (Å²) in [4.78, 5) is 22.8. The molecule has 2 aliphatic heterocycles.